The monoisotopic (exact) mass is 332 g/mol. The van der Waals surface area contributed by atoms with Crippen LogP contribution in [0.1, 0.15) is 18.5 Å². The summed E-state index contributed by atoms with van der Waals surface area (Å²) in [7, 11) is -3.19. The number of benzene rings is 1. The molecule has 1 aromatic carbocycles. The normalized spacial score (nSPS) is 24.6. The maximum atomic E-state index is 12.2. The zero-order valence-electron chi connectivity index (χ0n) is 12.6. The Morgan fingerprint density at radius 3 is 2.87 bits per heavy atom. The fourth-order valence-electron chi connectivity index (χ4n) is 3.39. The average Bonchev–Trinajstić information content (AvgIpc) is 2.48. The summed E-state index contributed by atoms with van der Waals surface area (Å²) >= 11 is 0. The zero-order valence-corrected chi connectivity index (χ0v) is 13.4. The van der Waals surface area contributed by atoms with E-state index in [1.165, 1.54) is 0 Å². The number of anilines is 1. The van der Waals surface area contributed by atoms with Crippen molar-refractivity contribution >= 4 is 15.5 Å². The minimum atomic E-state index is -3.19. The topological polar surface area (TPSA) is 93.9 Å². The number of rotatable bonds is 0. The van der Waals surface area contributed by atoms with E-state index < -0.39 is 15.5 Å². The molecule has 2 aliphatic rings. The molecule has 2 aromatic rings. The summed E-state index contributed by atoms with van der Waals surface area (Å²) in [6.07, 6.45) is 1.16. The molecule has 1 atom stereocenters. The largest absolute Gasteiger partial charge is 0.360 e. The van der Waals surface area contributed by atoms with E-state index in [2.05, 4.69) is 15.4 Å². The number of nitrogens with one attached hydrogen (secondary N) is 1. The third-order valence-electron chi connectivity index (χ3n) is 4.41. The molecule has 3 heterocycles. The van der Waals surface area contributed by atoms with Gasteiger partial charge in [-0.1, -0.05) is 12.1 Å². The van der Waals surface area contributed by atoms with Crippen LogP contribution in [0.4, 0.5) is 5.69 Å². The quantitative estimate of drug-likeness (QED) is 0.770. The lowest BCUT2D eigenvalue weighted by molar-refractivity contribution is 0.287. The number of nitrogens with zero attached hydrogens (tertiary/aromatic N) is 3. The highest BCUT2D eigenvalue weighted by Gasteiger charge is 2.45. The van der Waals surface area contributed by atoms with Crippen LogP contribution in [0.25, 0.3) is 11.4 Å². The number of hydrogen-bond acceptors (Lipinski definition) is 6. The van der Waals surface area contributed by atoms with Gasteiger partial charge >= 0.3 is 0 Å². The summed E-state index contributed by atoms with van der Waals surface area (Å²) in [6, 6.07) is 7.44. The number of sulfone groups is 1. The molecule has 0 amide bonds. The van der Waals surface area contributed by atoms with Gasteiger partial charge in [0.1, 0.15) is 11.4 Å². The molecule has 1 fully saturated rings. The molecule has 1 N–H and O–H groups in total. The number of aryl methyl sites for hydroxylation is 1. The molecule has 8 heteroatoms. The third kappa shape index (κ3) is 2.16. The highest BCUT2D eigenvalue weighted by Crippen LogP contribution is 2.40. The second-order valence-corrected chi connectivity index (χ2v) is 8.32. The predicted octanol–water partition coefficient (Wildman–Crippen LogP) is 0.901. The summed E-state index contributed by atoms with van der Waals surface area (Å²) < 4.78 is 26.1. The Kier molecular flexibility index (Phi) is 2.90. The number of aromatic nitrogens is 3. The van der Waals surface area contributed by atoms with Crippen molar-refractivity contribution in [2.24, 2.45) is 0 Å². The van der Waals surface area contributed by atoms with E-state index in [0.717, 1.165) is 11.3 Å². The van der Waals surface area contributed by atoms with Gasteiger partial charge in [0.25, 0.3) is 5.56 Å². The molecule has 0 radical (unpaired) electrons. The molecular formula is C15H16N4O3S. The van der Waals surface area contributed by atoms with Crippen LogP contribution < -0.4 is 10.9 Å². The van der Waals surface area contributed by atoms with Gasteiger partial charge in [-0.2, -0.15) is 10.1 Å². The van der Waals surface area contributed by atoms with Crippen LogP contribution in [0.5, 0.6) is 0 Å². The molecule has 1 spiro atoms. The van der Waals surface area contributed by atoms with Crippen molar-refractivity contribution in [2.75, 3.05) is 16.8 Å². The van der Waals surface area contributed by atoms with E-state index in [1.807, 2.05) is 24.3 Å². The SMILES string of the molecule is Cc1nn2c(nc1=O)-c1ccccc1NC21CCCS(=O)(=O)C1. The van der Waals surface area contributed by atoms with Crippen LogP contribution in [-0.4, -0.2) is 34.7 Å². The van der Waals surface area contributed by atoms with Gasteiger partial charge in [0, 0.05) is 11.3 Å². The number of fused-ring (bicyclic) bond motifs is 4. The van der Waals surface area contributed by atoms with E-state index in [0.29, 0.717) is 18.7 Å². The van der Waals surface area contributed by atoms with Gasteiger partial charge < -0.3 is 5.32 Å². The zero-order chi connectivity index (χ0) is 16.2. The molecule has 1 aromatic heterocycles. The van der Waals surface area contributed by atoms with E-state index in [-0.39, 0.29) is 22.8 Å². The Balaban J connectivity index is 2.03. The summed E-state index contributed by atoms with van der Waals surface area (Å²) in [4.78, 5) is 16.1. The lowest BCUT2D eigenvalue weighted by Crippen LogP contribution is -2.54. The molecule has 2 aliphatic heterocycles. The van der Waals surface area contributed by atoms with E-state index >= 15 is 0 Å². The fraction of sp³-hybridized carbons (Fsp3) is 0.400. The minimum Gasteiger partial charge on any atom is -0.360 e. The van der Waals surface area contributed by atoms with Crippen LogP contribution in [0.15, 0.2) is 29.1 Å². The molecule has 0 saturated carbocycles. The summed E-state index contributed by atoms with van der Waals surface area (Å²) in [5, 5.41) is 7.72. The second kappa shape index (κ2) is 4.64. The van der Waals surface area contributed by atoms with Crippen molar-refractivity contribution < 1.29 is 8.42 Å². The lowest BCUT2D eigenvalue weighted by atomic mass is 9.99. The maximum absolute atomic E-state index is 12.2. The number of para-hydroxylation sites is 1. The van der Waals surface area contributed by atoms with Crippen LogP contribution in [-0.2, 0) is 15.5 Å². The molecule has 7 nitrogen and oxygen atoms in total. The average molecular weight is 332 g/mol. The highest BCUT2D eigenvalue weighted by atomic mass is 32.2. The van der Waals surface area contributed by atoms with Crippen molar-refractivity contribution in [2.45, 2.75) is 25.4 Å². The standard InChI is InChI=1S/C15H16N4O3S/c1-10-14(20)16-13-11-5-2-3-6-12(11)17-15(19(13)18-10)7-4-8-23(21,22)9-15/h2-3,5-6,17H,4,7-9H2,1H3. The van der Waals surface area contributed by atoms with Crippen molar-refractivity contribution in [3.05, 3.63) is 40.3 Å². The summed E-state index contributed by atoms with van der Waals surface area (Å²) in [6.45, 7) is 1.59. The van der Waals surface area contributed by atoms with Gasteiger partial charge in [-0.05, 0) is 31.9 Å². The Morgan fingerprint density at radius 1 is 1.30 bits per heavy atom. The van der Waals surface area contributed by atoms with Gasteiger partial charge in [0.05, 0.1) is 11.5 Å². The maximum Gasteiger partial charge on any atom is 0.294 e. The molecule has 1 saturated heterocycles. The van der Waals surface area contributed by atoms with Gasteiger partial charge in [0.15, 0.2) is 15.7 Å². The smallest absolute Gasteiger partial charge is 0.294 e. The third-order valence-corrected chi connectivity index (χ3v) is 6.24. The molecule has 23 heavy (non-hydrogen) atoms. The van der Waals surface area contributed by atoms with E-state index in [1.54, 1.807) is 11.6 Å². The van der Waals surface area contributed by atoms with Crippen molar-refractivity contribution in [3.8, 4) is 11.4 Å². The lowest BCUT2D eigenvalue weighted by Gasteiger charge is -2.43. The molecule has 1 unspecified atom stereocenters. The van der Waals surface area contributed by atoms with E-state index in [9.17, 15) is 13.2 Å². The minimum absolute atomic E-state index is 0.0572. The van der Waals surface area contributed by atoms with Crippen LogP contribution in [0.2, 0.25) is 0 Å². The second-order valence-electron chi connectivity index (χ2n) is 6.14. The van der Waals surface area contributed by atoms with Crippen LogP contribution in [0, 0.1) is 6.92 Å². The Labute approximate surface area is 133 Å². The van der Waals surface area contributed by atoms with Crippen LogP contribution >= 0.6 is 0 Å². The van der Waals surface area contributed by atoms with E-state index in [4.69, 9.17) is 0 Å². The first-order chi connectivity index (χ1) is 10.9. The van der Waals surface area contributed by atoms with Gasteiger partial charge in [-0.15, -0.1) is 0 Å². The molecular weight excluding hydrogens is 316 g/mol. The molecule has 0 bridgehead atoms. The molecule has 0 aliphatic carbocycles. The molecule has 120 valence electrons. The fourth-order valence-corrected chi connectivity index (χ4v) is 5.18. The first kappa shape index (κ1) is 14.4. The van der Waals surface area contributed by atoms with Crippen molar-refractivity contribution in [1.82, 2.24) is 14.8 Å². The highest BCUT2D eigenvalue weighted by molar-refractivity contribution is 7.91. The summed E-state index contributed by atoms with van der Waals surface area (Å²) in [5.74, 6) is 0.547. The molecule has 4 rings (SSSR count). The number of hydrogen-bond donors (Lipinski definition) is 1. The predicted molar refractivity (Wildman–Crippen MR) is 85.9 cm³/mol. The first-order valence-corrected chi connectivity index (χ1v) is 9.29. The van der Waals surface area contributed by atoms with Crippen molar-refractivity contribution in [1.29, 1.82) is 0 Å². The Hall–Kier alpha value is -2.22. The van der Waals surface area contributed by atoms with Gasteiger partial charge in [-0.3, -0.25) is 4.79 Å². The van der Waals surface area contributed by atoms with Gasteiger partial charge in [0.2, 0.25) is 0 Å². The Bertz CT molecular complexity index is 967. The van der Waals surface area contributed by atoms with Crippen molar-refractivity contribution in [3.63, 3.8) is 0 Å². The van der Waals surface area contributed by atoms with Crippen LogP contribution in [0.3, 0.4) is 0 Å². The Morgan fingerprint density at radius 2 is 2.09 bits per heavy atom. The van der Waals surface area contributed by atoms with Gasteiger partial charge in [-0.25, -0.2) is 13.1 Å². The first-order valence-electron chi connectivity index (χ1n) is 7.47. The summed E-state index contributed by atoms with van der Waals surface area (Å²) in [5.41, 5.74) is 0.526.